The molecule has 4 heteroatoms. The van der Waals surface area contributed by atoms with Gasteiger partial charge in [-0.05, 0) is 24.8 Å². The molecule has 1 aromatic heterocycles. The highest BCUT2D eigenvalue weighted by atomic mass is 16.5. The molecule has 0 spiro atoms. The molecule has 0 unspecified atom stereocenters. The van der Waals surface area contributed by atoms with E-state index >= 15 is 0 Å². The van der Waals surface area contributed by atoms with E-state index in [9.17, 15) is 4.79 Å². The van der Waals surface area contributed by atoms with Crippen LogP contribution in [0.3, 0.4) is 0 Å². The summed E-state index contributed by atoms with van der Waals surface area (Å²) in [5, 5.41) is 0. The average Bonchev–Trinajstić information content (AvgIpc) is 3.01. The second kappa shape index (κ2) is 4.12. The molecule has 16 heavy (non-hydrogen) atoms. The Kier molecular flexibility index (Phi) is 2.81. The SMILES string of the molecule is CC(C)c1cc(C(N)=O)ncc1OC1CC1. The molecule has 1 amide bonds. The van der Waals surface area contributed by atoms with Crippen molar-refractivity contribution in [2.24, 2.45) is 5.73 Å². The van der Waals surface area contributed by atoms with Gasteiger partial charge in [0.1, 0.15) is 11.4 Å². The first-order valence-corrected chi connectivity index (χ1v) is 5.54. The Morgan fingerprint density at radius 1 is 1.56 bits per heavy atom. The summed E-state index contributed by atoms with van der Waals surface area (Å²) in [6, 6.07) is 1.73. The molecule has 2 rings (SSSR count). The zero-order valence-electron chi connectivity index (χ0n) is 9.56. The van der Waals surface area contributed by atoms with Gasteiger partial charge in [0.15, 0.2) is 0 Å². The van der Waals surface area contributed by atoms with Crippen LogP contribution in [0.25, 0.3) is 0 Å². The quantitative estimate of drug-likeness (QED) is 0.842. The fourth-order valence-corrected chi connectivity index (χ4v) is 1.51. The highest BCUT2D eigenvalue weighted by Crippen LogP contribution is 2.32. The first-order valence-electron chi connectivity index (χ1n) is 5.54. The summed E-state index contributed by atoms with van der Waals surface area (Å²) in [5.41, 5.74) is 6.50. The summed E-state index contributed by atoms with van der Waals surface area (Å²) in [5.74, 6) is 0.567. The Labute approximate surface area is 94.8 Å². The number of nitrogens with zero attached hydrogens (tertiary/aromatic N) is 1. The van der Waals surface area contributed by atoms with E-state index < -0.39 is 5.91 Å². The van der Waals surface area contributed by atoms with Crippen molar-refractivity contribution in [3.05, 3.63) is 23.5 Å². The summed E-state index contributed by atoms with van der Waals surface area (Å²) in [4.78, 5) is 15.0. The normalized spacial score (nSPS) is 15.2. The number of carbonyl (C=O) groups excluding carboxylic acids is 1. The minimum Gasteiger partial charge on any atom is -0.489 e. The lowest BCUT2D eigenvalue weighted by Crippen LogP contribution is -2.14. The Morgan fingerprint density at radius 3 is 2.75 bits per heavy atom. The molecule has 1 aromatic rings. The fraction of sp³-hybridized carbons (Fsp3) is 0.500. The molecule has 0 aliphatic heterocycles. The highest BCUT2D eigenvalue weighted by Gasteiger charge is 2.25. The first-order chi connectivity index (χ1) is 7.58. The molecule has 0 saturated heterocycles. The number of rotatable bonds is 4. The molecule has 1 aliphatic carbocycles. The van der Waals surface area contributed by atoms with Crippen LogP contribution >= 0.6 is 0 Å². The van der Waals surface area contributed by atoms with Crippen LogP contribution < -0.4 is 10.5 Å². The van der Waals surface area contributed by atoms with Gasteiger partial charge < -0.3 is 10.5 Å². The van der Waals surface area contributed by atoms with Gasteiger partial charge in [0.2, 0.25) is 0 Å². The van der Waals surface area contributed by atoms with E-state index in [1.807, 2.05) is 0 Å². The molecule has 0 atom stereocenters. The molecule has 1 fully saturated rings. The summed E-state index contributed by atoms with van der Waals surface area (Å²) < 4.78 is 5.74. The predicted molar refractivity (Wildman–Crippen MR) is 60.5 cm³/mol. The monoisotopic (exact) mass is 220 g/mol. The van der Waals surface area contributed by atoms with Gasteiger partial charge in [-0.15, -0.1) is 0 Å². The van der Waals surface area contributed by atoms with Gasteiger partial charge >= 0.3 is 0 Å². The van der Waals surface area contributed by atoms with Crippen LogP contribution in [0.5, 0.6) is 5.75 Å². The van der Waals surface area contributed by atoms with Crippen LogP contribution in [-0.4, -0.2) is 17.0 Å². The van der Waals surface area contributed by atoms with Gasteiger partial charge in [0.25, 0.3) is 5.91 Å². The maximum absolute atomic E-state index is 11.0. The van der Waals surface area contributed by atoms with Gasteiger partial charge in [-0.2, -0.15) is 0 Å². The van der Waals surface area contributed by atoms with Crippen molar-refractivity contribution >= 4 is 5.91 Å². The molecule has 0 radical (unpaired) electrons. The topological polar surface area (TPSA) is 65.2 Å². The van der Waals surface area contributed by atoms with E-state index in [0.717, 1.165) is 24.2 Å². The Morgan fingerprint density at radius 2 is 2.25 bits per heavy atom. The van der Waals surface area contributed by atoms with Crippen LogP contribution in [0.15, 0.2) is 12.3 Å². The molecule has 1 aliphatic rings. The lowest BCUT2D eigenvalue weighted by atomic mass is 10.0. The third-order valence-electron chi connectivity index (χ3n) is 2.59. The van der Waals surface area contributed by atoms with Crippen molar-refractivity contribution < 1.29 is 9.53 Å². The molecule has 86 valence electrons. The number of primary amides is 1. The number of nitrogens with two attached hydrogens (primary N) is 1. The van der Waals surface area contributed by atoms with Gasteiger partial charge in [-0.1, -0.05) is 13.8 Å². The minimum atomic E-state index is -0.500. The lowest BCUT2D eigenvalue weighted by molar-refractivity contribution is 0.0995. The van der Waals surface area contributed by atoms with Crippen molar-refractivity contribution in [1.29, 1.82) is 0 Å². The van der Waals surface area contributed by atoms with Crippen LogP contribution in [-0.2, 0) is 0 Å². The van der Waals surface area contributed by atoms with Gasteiger partial charge in [0, 0.05) is 5.56 Å². The number of amides is 1. The summed E-state index contributed by atoms with van der Waals surface area (Å²) in [6.07, 6.45) is 4.15. The predicted octanol–water partition coefficient (Wildman–Crippen LogP) is 1.85. The van der Waals surface area contributed by atoms with E-state index in [2.05, 4.69) is 18.8 Å². The average molecular weight is 220 g/mol. The smallest absolute Gasteiger partial charge is 0.267 e. The Hall–Kier alpha value is -1.58. The molecule has 1 heterocycles. The number of ether oxygens (including phenoxy) is 1. The number of carbonyl (C=O) groups is 1. The number of hydrogen-bond donors (Lipinski definition) is 1. The molecular formula is C12H16N2O2. The van der Waals surface area contributed by atoms with E-state index in [0.29, 0.717) is 11.8 Å². The Bertz CT molecular complexity index is 411. The van der Waals surface area contributed by atoms with E-state index in [-0.39, 0.29) is 5.92 Å². The third kappa shape index (κ3) is 2.32. The molecule has 0 bridgehead atoms. The van der Waals surface area contributed by atoms with E-state index in [1.165, 1.54) is 0 Å². The van der Waals surface area contributed by atoms with Crippen LogP contribution in [0.4, 0.5) is 0 Å². The lowest BCUT2D eigenvalue weighted by Gasteiger charge is -2.13. The van der Waals surface area contributed by atoms with Crippen LogP contribution in [0.2, 0.25) is 0 Å². The largest absolute Gasteiger partial charge is 0.489 e. The summed E-state index contributed by atoms with van der Waals surface area (Å²) >= 11 is 0. The second-order valence-electron chi connectivity index (χ2n) is 4.44. The zero-order chi connectivity index (χ0) is 11.7. The molecule has 4 nitrogen and oxygen atoms in total. The van der Waals surface area contributed by atoms with Gasteiger partial charge in [-0.25, -0.2) is 4.98 Å². The van der Waals surface area contributed by atoms with Crippen molar-refractivity contribution in [2.75, 3.05) is 0 Å². The number of pyridine rings is 1. The van der Waals surface area contributed by atoms with Crippen LogP contribution in [0.1, 0.15) is 48.7 Å². The molecule has 1 saturated carbocycles. The first kappa shape index (κ1) is 10.9. The maximum atomic E-state index is 11.0. The highest BCUT2D eigenvalue weighted by molar-refractivity contribution is 5.91. The standard InChI is InChI=1S/C12H16N2O2/c1-7(2)9-5-10(12(13)15)14-6-11(9)16-8-3-4-8/h5-8H,3-4H2,1-2H3,(H2,13,15). The van der Waals surface area contributed by atoms with Crippen molar-refractivity contribution in [1.82, 2.24) is 4.98 Å². The fourth-order valence-electron chi connectivity index (χ4n) is 1.51. The van der Waals surface area contributed by atoms with Gasteiger partial charge in [0.05, 0.1) is 12.3 Å². The Balaban J connectivity index is 2.31. The third-order valence-corrected chi connectivity index (χ3v) is 2.59. The van der Waals surface area contributed by atoms with Crippen molar-refractivity contribution in [3.63, 3.8) is 0 Å². The summed E-state index contributed by atoms with van der Waals surface area (Å²) in [7, 11) is 0. The van der Waals surface area contributed by atoms with Crippen LogP contribution in [0, 0.1) is 0 Å². The maximum Gasteiger partial charge on any atom is 0.267 e. The van der Waals surface area contributed by atoms with Gasteiger partial charge in [-0.3, -0.25) is 4.79 Å². The van der Waals surface area contributed by atoms with E-state index in [4.69, 9.17) is 10.5 Å². The molecule has 2 N–H and O–H groups in total. The number of hydrogen-bond acceptors (Lipinski definition) is 3. The minimum absolute atomic E-state index is 0.287. The summed E-state index contributed by atoms with van der Waals surface area (Å²) in [6.45, 7) is 4.11. The van der Waals surface area contributed by atoms with E-state index in [1.54, 1.807) is 12.3 Å². The van der Waals surface area contributed by atoms with Crippen molar-refractivity contribution in [3.8, 4) is 5.75 Å². The molecular weight excluding hydrogens is 204 g/mol. The van der Waals surface area contributed by atoms with Crippen molar-refractivity contribution in [2.45, 2.75) is 38.7 Å². The number of aromatic nitrogens is 1. The second-order valence-corrected chi connectivity index (χ2v) is 4.44. The molecule has 0 aromatic carbocycles. The zero-order valence-corrected chi connectivity index (χ0v) is 9.56.